The van der Waals surface area contributed by atoms with E-state index >= 15 is 0 Å². The molecular weight excluding hydrogens is 222 g/mol. The molecule has 0 fully saturated rings. The monoisotopic (exact) mass is 243 g/mol. The van der Waals surface area contributed by atoms with Crippen molar-refractivity contribution >= 4 is 0 Å². The highest BCUT2D eigenvalue weighted by Crippen LogP contribution is 2.30. The summed E-state index contributed by atoms with van der Waals surface area (Å²) < 4.78 is 5.98. The average Bonchev–Trinajstić information content (AvgIpc) is 2.43. The standard InChI is InChI=1S/C16H21NO/c1-3-4-5-10-15(17-2)16-14-9-7-6-8-13(14)11-12-18-16/h6-9,15-17H,5,10-12H2,1-2H3. The molecule has 18 heavy (non-hydrogen) atoms. The minimum Gasteiger partial charge on any atom is -0.372 e. The Bertz CT molecular complexity index is 444. The Morgan fingerprint density at radius 1 is 1.44 bits per heavy atom. The molecule has 1 N–H and O–H groups in total. The first-order valence-electron chi connectivity index (χ1n) is 6.63. The summed E-state index contributed by atoms with van der Waals surface area (Å²) in [4.78, 5) is 0. The van der Waals surface area contributed by atoms with Crippen molar-refractivity contribution in [2.24, 2.45) is 0 Å². The third-order valence-electron chi connectivity index (χ3n) is 3.52. The van der Waals surface area contributed by atoms with E-state index in [4.69, 9.17) is 4.74 Å². The first-order valence-corrected chi connectivity index (χ1v) is 6.63. The second-order valence-corrected chi connectivity index (χ2v) is 4.60. The number of hydrogen-bond donors (Lipinski definition) is 1. The van der Waals surface area contributed by atoms with Crippen LogP contribution in [0, 0.1) is 11.8 Å². The van der Waals surface area contributed by atoms with Crippen LogP contribution in [-0.2, 0) is 11.2 Å². The molecule has 0 saturated carbocycles. The average molecular weight is 243 g/mol. The van der Waals surface area contributed by atoms with Crippen molar-refractivity contribution in [1.29, 1.82) is 0 Å². The fourth-order valence-electron chi connectivity index (χ4n) is 2.56. The molecule has 1 aliphatic heterocycles. The summed E-state index contributed by atoms with van der Waals surface area (Å²) in [5.74, 6) is 6.08. The van der Waals surface area contributed by atoms with Crippen molar-refractivity contribution in [2.45, 2.75) is 38.3 Å². The van der Waals surface area contributed by atoms with E-state index in [9.17, 15) is 0 Å². The van der Waals surface area contributed by atoms with Gasteiger partial charge >= 0.3 is 0 Å². The Morgan fingerprint density at radius 2 is 2.28 bits per heavy atom. The lowest BCUT2D eigenvalue weighted by atomic mass is 9.91. The third-order valence-corrected chi connectivity index (χ3v) is 3.52. The zero-order valence-electron chi connectivity index (χ0n) is 11.2. The molecule has 0 saturated heterocycles. The van der Waals surface area contributed by atoms with Gasteiger partial charge in [-0.25, -0.2) is 0 Å². The van der Waals surface area contributed by atoms with Gasteiger partial charge in [0.2, 0.25) is 0 Å². The number of hydrogen-bond acceptors (Lipinski definition) is 2. The molecule has 1 aliphatic rings. The summed E-state index contributed by atoms with van der Waals surface area (Å²) in [6, 6.07) is 8.95. The lowest BCUT2D eigenvalue weighted by molar-refractivity contribution is 0.0155. The first kappa shape index (κ1) is 13.1. The Labute approximate surface area is 110 Å². The molecule has 2 nitrogen and oxygen atoms in total. The molecule has 0 spiro atoms. The van der Waals surface area contributed by atoms with Crippen molar-refractivity contribution in [2.75, 3.05) is 13.7 Å². The van der Waals surface area contributed by atoms with E-state index in [0.717, 1.165) is 25.9 Å². The van der Waals surface area contributed by atoms with E-state index in [0.29, 0.717) is 6.04 Å². The van der Waals surface area contributed by atoms with Crippen molar-refractivity contribution < 1.29 is 4.74 Å². The van der Waals surface area contributed by atoms with E-state index in [2.05, 4.69) is 41.4 Å². The lowest BCUT2D eigenvalue weighted by Gasteiger charge is -2.32. The lowest BCUT2D eigenvalue weighted by Crippen LogP contribution is -2.36. The van der Waals surface area contributed by atoms with Crippen LogP contribution in [0.4, 0.5) is 0 Å². The maximum absolute atomic E-state index is 5.98. The van der Waals surface area contributed by atoms with Crippen molar-refractivity contribution in [3.05, 3.63) is 35.4 Å². The molecule has 2 atom stereocenters. The fraction of sp³-hybridized carbons (Fsp3) is 0.500. The van der Waals surface area contributed by atoms with Crippen molar-refractivity contribution in [1.82, 2.24) is 5.32 Å². The van der Waals surface area contributed by atoms with Crippen LogP contribution < -0.4 is 5.32 Å². The van der Waals surface area contributed by atoms with Crippen LogP contribution in [0.5, 0.6) is 0 Å². The Hall–Kier alpha value is -1.30. The van der Waals surface area contributed by atoms with E-state index < -0.39 is 0 Å². The molecule has 1 aromatic rings. The molecule has 0 amide bonds. The van der Waals surface area contributed by atoms with Crippen molar-refractivity contribution in [3.63, 3.8) is 0 Å². The highest BCUT2D eigenvalue weighted by Gasteiger charge is 2.27. The summed E-state index contributed by atoms with van der Waals surface area (Å²) in [6.45, 7) is 2.71. The van der Waals surface area contributed by atoms with Crippen LogP contribution in [0.1, 0.15) is 37.0 Å². The molecular formula is C16H21NO. The normalized spacial score (nSPS) is 19.6. The number of nitrogens with one attached hydrogen (secondary N) is 1. The van der Waals surface area contributed by atoms with Gasteiger partial charge in [-0.05, 0) is 37.9 Å². The van der Waals surface area contributed by atoms with Crippen LogP contribution >= 0.6 is 0 Å². The van der Waals surface area contributed by atoms with Gasteiger partial charge in [0, 0.05) is 12.5 Å². The van der Waals surface area contributed by atoms with E-state index in [1.807, 2.05) is 14.0 Å². The predicted octanol–water partition coefficient (Wildman–Crippen LogP) is 2.69. The molecule has 0 radical (unpaired) electrons. The quantitative estimate of drug-likeness (QED) is 0.821. The zero-order chi connectivity index (χ0) is 12.8. The minimum atomic E-state index is 0.165. The molecule has 0 aromatic heterocycles. The van der Waals surface area contributed by atoms with E-state index in [-0.39, 0.29) is 6.10 Å². The number of fused-ring (bicyclic) bond motifs is 1. The molecule has 2 heteroatoms. The minimum absolute atomic E-state index is 0.165. The van der Waals surface area contributed by atoms with Gasteiger partial charge in [0.15, 0.2) is 0 Å². The first-order chi connectivity index (χ1) is 8.86. The van der Waals surface area contributed by atoms with Crippen molar-refractivity contribution in [3.8, 4) is 11.8 Å². The molecule has 1 aromatic carbocycles. The number of benzene rings is 1. The van der Waals surface area contributed by atoms with Gasteiger partial charge in [-0.2, -0.15) is 0 Å². The molecule has 2 rings (SSSR count). The Balaban J connectivity index is 2.13. The van der Waals surface area contributed by atoms with Gasteiger partial charge in [0.1, 0.15) is 0 Å². The number of ether oxygens (including phenoxy) is 1. The summed E-state index contributed by atoms with van der Waals surface area (Å²) in [7, 11) is 2.00. The highest BCUT2D eigenvalue weighted by molar-refractivity contribution is 5.32. The third kappa shape index (κ3) is 2.93. The summed E-state index contributed by atoms with van der Waals surface area (Å²) in [5.41, 5.74) is 2.77. The Morgan fingerprint density at radius 3 is 3.06 bits per heavy atom. The summed E-state index contributed by atoms with van der Waals surface area (Å²) in [5, 5.41) is 3.38. The Kier molecular flexibility index (Phi) is 4.81. The van der Waals surface area contributed by atoms with Gasteiger partial charge in [-0.3, -0.25) is 0 Å². The van der Waals surface area contributed by atoms with Crippen LogP contribution in [0.25, 0.3) is 0 Å². The van der Waals surface area contributed by atoms with E-state index in [1.165, 1.54) is 11.1 Å². The molecule has 0 bridgehead atoms. The maximum atomic E-state index is 5.98. The second-order valence-electron chi connectivity index (χ2n) is 4.60. The second kappa shape index (κ2) is 6.58. The summed E-state index contributed by atoms with van der Waals surface area (Å²) >= 11 is 0. The van der Waals surface area contributed by atoms with Gasteiger partial charge in [-0.15, -0.1) is 11.8 Å². The number of likely N-dealkylation sites (N-methyl/N-ethyl adjacent to an activating group) is 1. The molecule has 2 unspecified atom stereocenters. The van der Waals surface area contributed by atoms with Gasteiger partial charge in [0.25, 0.3) is 0 Å². The fourth-order valence-corrected chi connectivity index (χ4v) is 2.56. The summed E-state index contributed by atoms with van der Waals surface area (Å²) in [6.07, 6.45) is 3.14. The SMILES string of the molecule is CC#CCCC(NC)C1OCCc2ccccc21. The van der Waals surface area contributed by atoms with Gasteiger partial charge in [0.05, 0.1) is 12.7 Å². The largest absolute Gasteiger partial charge is 0.372 e. The molecule has 96 valence electrons. The van der Waals surface area contributed by atoms with Crippen LogP contribution in [0.2, 0.25) is 0 Å². The highest BCUT2D eigenvalue weighted by atomic mass is 16.5. The molecule has 0 aliphatic carbocycles. The van der Waals surface area contributed by atoms with Crippen LogP contribution in [-0.4, -0.2) is 19.7 Å². The maximum Gasteiger partial charge on any atom is 0.0980 e. The van der Waals surface area contributed by atoms with E-state index in [1.54, 1.807) is 0 Å². The predicted molar refractivity (Wildman–Crippen MR) is 74.4 cm³/mol. The number of rotatable bonds is 4. The van der Waals surface area contributed by atoms with Crippen LogP contribution in [0.15, 0.2) is 24.3 Å². The zero-order valence-corrected chi connectivity index (χ0v) is 11.2. The van der Waals surface area contributed by atoms with Gasteiger partial charge in [-0.1, -0.05) is 24.3 Å². The van der Waals surface area contributed by atoms with Crippen LogP contribution in [0.3, 0.4) is 0 Å². The smallest absolute Gasteiger partial charge is 0.0980 e. The van der Waals surface area contributed by atoms with Gasteiger partial charge < -0.3 is 10.1 Å². The topological polar surface area (TPSA) is 21.3 Å². The molecule has 1 heterocycles.